The largest absolute Gasteiger partial charge is 0.462 e. The molecule has 0 amide bonds. The minimum atomic E-state index is -0.643. The van der Waals surface area contributed by atoms with Crippen molar-refractivity contribution in [3.8, 4) is 0 Å². The number of esters is 2. The summed E-state index contributed by atoms with van der Waals surface area (Å²) in [5.41, 5.74) is 1.22. The van der Waals surface area contributed by atoms with Gasteiger partial charge in [0.1, 0.15) is 6.10 Å². The van der Waals surface area contributed by atoms with Crippen molar-refractivity contribution in [2.24, 2.45) is 28.6 Å². The molecular weight excluding hydrogens is 356 g/mol. The molecule has 7 atom stereocenters. The molecule has 0 radical (unpaired) electrons. The molecule has 5 nitrogen and oxygen atoms in total. The lowest BCUT2D eigenvalue weighted by molar-refractivity contribution is -0.160. The first kappa shape index (κ1) is 19.7. The third kappa shape index (κ3) is 2.93. The SMILES string of the molecule is CC(=O)O[C@H]1C[C@@]2(C)C(=CC1=O)CC[C@H]1[C@@H]3CC[C@H](OC(C)=O)[C@@]3(C)CC[C@@H]12. The molecular formula is C23H32O5. The molecule has 0 heterocycles. The summed E-state index contributed by atoms with van der Waals surface area (Å²) in [5.74, 6) is 1.00. The molecule has 4 rings (SSSR count). The third-order valence-electron chi connectivity index (χ3n) is 8.51. The predicted octanol–water partition coefficient (Wildman–Crippen LogP) is 3.99. The van der Waals surface area contributed by atoms with E-state index in [0.29, 0.717) is 24.2 Å². The van der Waals surface area contributed by atoms with E-state index >= 15 is 0 Å². The second-order valence-corrected chi connectivity index (χ2v) is 9.93. The third-order valence-corrected chi connectivity index (χ3v) is 8.51. The molecule has 0 spiro atoms. The number of ether oxygens (including phenoxy) is 2. The van der Waals surface area contributed by atoms with Crippen molar-refractivity contribution in [1.29, 1.82) is 0 Å². The van der Waals surface area contributed by atoms with Gasteiger partial charge < -0.3 is 9.47 Å². The van der Waals surface area contributed by atoms with E-state index in [1.807, 2.05) is 0 Å². The van der Waals surface area contributed by atoms with Crippen LogP contribution in [-0.2, 0) is 23.9 Å². The fourth-order valence-electron chi connectivity index (χ4n) is 7.24. The van der Waals surface area contributed by atoms with Crippen molar-refractivity contribution in [3.05, 3.63) is 11.6 Å². The Labute approximate surface area is 167 Å². The summed E-state index contributed by atoms with van der Waals surface area (Å²) in [6.45, 7) is 7.47. The molecule has 0 unspecified atom stereocenters. The van der Waals surface area contributed by atoms with Gasteiger partial charge >= 0.3 is 11.9 Å². The van der Waals surface area contributed by atoms with Crippen LogP contribution in [0.25, 0.3) is 0 Å². The van der Waals surface area contributed by atoms with E-state index in [1.54, 1.807) is 6.08 Å². The minimum absolute atomic E-state index is 0.0300. The monoisotopic (exact) mass is 388 g/mol. The Morgan fingerprint density at radius 3 is 2.39 bits per heavy atom. The second kappa shape index (κ2) is 6.70. The molecule has 0 aromatic rings. The zero-order chi connectivity index (χ0) is 20.3. The van der Waals surface area contributed by atoms with Crippen LogP contribution in [0.5, 0.6) is 0 Å². The lowest BCUT2D eigenvalue weighted by atomic mass is 9.47. The van der Waals surface area contributed by atoms with Crippen molar-refractivity contribution in [3.63, 3.8) is 0 Å². The van der Waals surface area contributed by atoms with Gasteiger partial charge in [0.05, 0.1) is 0 Å². The standard InChI is InChI=1S/C23H32O5/c1-13(24)27-20-12-23(4)15(11-19(20)26)5-6-16-17-7-8-21(28-14(2)25)22(17,3)10-9-18(16)23/h11,16-18,20-21H,5-10,12H2,1-4H3/t16-,17-,18-,20-,21-,22-,23-/m0/s1. The van der Waals surface area contributed by atoms with Gasteiger partial charge in [-0.25, -0.2) is 0 Å². The molecule has 3 saturated carbocycles. The highest BCUT2D eigenvalue weighted by Crippen LogP contribution is 2.65. The zero-order valence-electron chi connectivity index (χ0n) is 17.5. The van der Waals surface area contributed by atoms with E-state index in [-0.39, 0.29) is 34.7 Å². The normalized spacial score (nSPS) is 44.6. The number of ketones is 1. The Kier molecular flexibility index (Phi) is 4.71. The van der Waals surface area contributed by atoms with Crippen molar-refractivity contribution in [2.75, 3.05) is 0 Å². The van der Waals surface area contributed by atoms with Gasteiger partial charge in [0.25, 0.3) is 0 Å². The van der Waals surface area contributed by atoms with E-state index in [9.17, 15) is 14.4 Å². The number of allylic oxidation sites excluding steroid dienone is 1. The summed E-state index contributed by atoms with van der Waals surface area (Å²) in [4.78, 5) is 35.5. The number of rotatable bonds is 2. The van der Waals surface area contributed by atoms with Crippen molar-refractivity contribution in [1.82, 2.24) is 0 Å². The highest BCUT2D eigenvalue weighted by atomic mass is 16.5. The molecule has 0 N–H and O–H groups in total. The van der Waals surface area contributed by atoms with Crippen LogP contribution in [-0.4, -0.2) is 29.9 Å². The Morgan fingerprint density at radius 2 is 1.71 bits per heavy atom. The molecule has 0 aliphatic heterocycles. The Bertz CT molecular complexity index is 739. The first-order chi connectivity index (χ1) is 13.1. The molecule has 0 aromatic carbocycles. The Hall–Kier alpha value is -1.65. The van der Waals surface area contributed by atoms with Crippen molar-refractivity contribution >= 4 is 17.7 Å². The molecule has 4 aliphatic rings. The van der Waals surface area contributed by atoms with Crippen LogP contribution in [0.3, 0.4) is 0 Å². The highest BCUT2D eigenvalue weighted by molar-refractivity contribution is 5.96. The maximum atomic E-state index is 12.5. The molecule has 4 aliphatic carbocycles. The van der Waals surface area contributed by atoms with Gasteiger partial charge in [-0.15, -0.1) is 0 Å². The quantitative estimate of drug-likeness (QED) is 0.669. The van der Waals surface area contributed by atoms with E-state index in [1.165, 1.54) is 19.4 Å². The van der Waals surface area contributed by atoms with E-state index in [0.717, 1.165) is 38.5 Å². The molecule has 3 fully saturated rings. The van der Waals surface area contributed by atoms with E-state index < -0.39 is 6.10 Å². The lowest BCUT2D eigenvalue weighted by Gasteiger charge is -2.58. The van der Waals surface area contributed by atoms with Gasteiger partial charge in [-0.2, -0.15) is 0 Å². The van der Waals surface area contributed by atoms with Gasteiger partial charge in [-0.1, -0.05) is 19.4 Å². The average molecular weight is 389 g/mol. The summed E-state index contributed by atoms with van der Waals surface area (Å²) in [6.07, 6.45) is 8.00. The fourth-order valence-corrected chi connectivity index (χ4v) is 7.24. The van der Waals surface area contributed by atoms with Crippen molar-refractivity contribution < 1.29 is 23.9 Å². The van der Waals surface area contributed by atoms with E-state index in [4.69, 9.17) is 9.47 Å². The van der Waals surface area contributed by atoms with Crippen LogP contribution >= 0.6 is 0 Å². The summed E-state index contributed by atoms with van der Waals surface area (Å²) in [6, 6.07) is 0. The van der Waals surface area contributed by atoms with Crippen LogP contribution in [0.15, 0.2) is 11.6 Å². The number of fused-ring (bicyclic) bond motifs is 5. The number of hydrogen-bond acceptors (Lipinski definition) is 5. The summed E-state index contributed by atoms with van der Waals surface area (Å²) >= 11 is 0. The summed E-state index contributed by atoms with van der Waals surface area (Å²) in [7, 11) is 0. The van der Waals surface area contributed by atoms with Crippen molar-refractivity contribution in [2.45, 2.75) is 84.8 Å². The highest BCUT2D eigenvalue weighted by Gasteiger charge is 2.60. The van der Waals surface area contributed by atoms with Gasteiger partial charge in [0.2, 0.25) is 0 Å². The molecule has 154 valence electrons. The Balaban J connectivity index is 1.61. The van der Waals surface area contributed by atoms with Crippen LogP contribution < -0.4 is 0 Å². The first-order valence-electron chi connectivity index (χ1n) is 10.7. The topological polar surface area (TPSA) is 69.7 Å². The fraction of sp³-hybridized carbons (Fsp3) is 0.783. The lowest BCUT2D eigenvalue weighted by Crippen LogP contribution is -2.53. The number of carbonyl (C=O) groups excluding carboxylic acids is 3. The number of hydrogen-bond donors (Lipinski definition) is 0. The van der Waals surface area contributed by atoms with Crippen LogP contribution in [0.2, 0.25) is 0 Å². The molecule has 5 heteroatoms. The van der Waals surface area contributed by atoms with Crippen LogP contribution in [0.4, 0.5) is 0 Å². The van der Waals surface area contributed by atoms with Crippen LogP contribution in [0.1, 0.15) is 72.6 Å². The van der Waals surface area contributed by atoms with E-state index in [2.05, 4.69) is 13.8 Å². The van der Waals surface area contributed by atoms with Crippen LogP contribution in [0, 0.1) is 28.6 Å². The first-order valence-corrected chi connectivity index (χ1v) is 10.7. The maximum Gasteiger partial charge on any atom is 0.303 e. The van der Waals surface area contributed by atoms with Gasteiger partial charge in [0, 0.05) is 25.7 Å². The summed E-state index contributed by atoms with van der Waals surface area (Å²) in [5, 5.41) is 0. The zero-order valence-corrected chi connectivity index (χ0v) is 17.5. The van der Waals surface area contributed by atoms with Gasteiger partial charge in [-0.3, -0.25) is 14.4 Å². The molecule has 28 heavy (non-hydrogen) atoms. The molecule has 0 bridgehead atoms. The summed E-state index contributed by atoms with van der Waals surface area (Å²) < 4.78 is 11.1. The smallest absolute Gasteiger partial charge is 0.303 e. The second-order valence-electron chi connectivity index (χ2n) is 9.93. The molecule has 0 saturated heterocycles. The minimum Gasteiger partial charge on any atom is -0.462 e. The Morgan fingerprint density at radius 1 is 1.00 bits per heavy atom. The number of carbonyl (C=O) groups is 3. The predicted molar refractivity (Wildman–Crippen MR) is 103 cm³/mol. The van der Waals surface area contributed by atoms with Gasteiger partial charge in [-0.05, 0) is 67.8 Å². The molecule has 0 aromatic heterocycles. The maximum absolute atomic E-state index is 12.5. The van der Waals surface area contributed by atoms with Gasteiger partial charge in [0.15, 0.2) is 11.9 Å². The average Bonchev–Trinajstić information content (AvgIpc) is 2.92.